The molecule has 0 aromatic carbocycles. The van der Waals surface area contributed by atoms with E-state index in [9.17, 15) is 19.8 Å². The zero-order chi connectivity index (χ0) is 41.0. The Bertz CT molecular complexity index is 930. The maximum Gasteiger partial charge on any atom is 0.306 e. The number of unbranched alkanes of at least 4 members (excludes halogenated alkanes) is 25. The monoisotopic (exact) mass is 788 g/mol. The van der Waals surface area contributed by atoms with Crippen LogP contribution in [-0.4, -0.2) is 46.9 Å². The van der Waals surface area contributed by atoms with E-state index in [0.717, 1.165) is 89.9 Å². The summed E-state index contributed by atoms with van der Waals surface area (Å²) in [5.41, 5.74) is 0. The number of aliphatic hydroxyl groups is 2. The molecule has 0 radical (unpaired) electrons. The molecule has 0 rings (SSSR count). The van der Waals surface area contributed by atoms with Crippen molar-refractivity contribution in [3.63, 3.8) is 0 Å². The number of hydrogen-bond donors (Lipinski definition) is 3. The van der Waals surface area contributed by atoms with Crippen molar-refractivity contribution in [3.05, 3.63) is 36.5 Å². The Morgan fingerprint density at radius 2 is 0.982 bits per heavy atom. The highest BCUT2D eigenvalue weighted by Gasteiger charge is 2.24. The van der Waals surface area contributed by atoms with Gasteiger partial charge in [0.2, 0.25) is 5.91 Å². The first-order valence-corrected chi connectivity index (χ1v) is 24.2. The lowest BCUT2D eigenvalue weighted by Gasteiger charge is -2.24. The Balaban J connectivity index is 4.49. The Morgan fingerprint density at radius 3 is 1.54 bits per heavy atom. The van der Waals surface area contributed by atoms with E-state index in [0.29, 0.717) is 19.3 Å². The summed E-state index contributed by atoms with van der Waals surface area (Å²) in [7, 11) is 0. The summed E-state index contributed by atoms with van der Waals surface area (Å²) in [4.78, 5) is 26.0. The molecule has 3 atom stereocenters. The van der Waals surface area contributed by atoms with E-state index in [-0.39, 0.29) is 24.9 Å². The fourth-order valence-electron chi connectivity index (χ4n) is 7.27. The van der Waals surface area contributed by atoms with Gasteiger partial charge in [-0.15, -0.1) is 0 Å². The molecule has 0 saturated heterocycles. The second-order valence-corrected chi connectivity index (χ2v) is 16.5. The Kier molecular flexibility index (Phi) is 42.7. The number of allylic oxidation sites excluding steroid dienone is 6. The van der Waals surface area contributed by atoms with Crippen LogP contribution in [0.15, 0.2) is 36.5 Å². The van der Waals surface area contributed by atoms with Crippen LogP contribution < -0.4 is 5.32 Å². The number of carbonyl (C=O) groups excluding carboxylic acids is 2. The minimum Gasteiger partial charge on any atom is -0.462 e. The molecule has 0 heterocycles. The quantitative estimate of drug-likeness (QED) is 0.0325. The molecule has 56 heavy (non-hydrogen) atoms. The number of hydrogen-bond acceptors (Lipinski definition) is 5. The van der Waals surface area contributed by atoms with Crippen LogP contribution in [0.5, 0.6) is 0 Å². The summed E-state index contributed by atoms with van der Waals surface area (Å²) in [5.74, 6) is -0.497. The lowest BCUT2D eigenvalue weighted by molar-refractivity contribution is -0.151. The van der Waals surface area contributed by atoms with Crippen LogP contribution in [0.2, 0.25) is 0 Å². The maximum absolute atomic E-state index is 13.1. The van der Waals surface area contributed by atoms with Gasteiger partial charge in [-0.2, -0.15) is 0 Å². The SMILES string of the molecule is CC/C=C/C/C=C/CCCCCCCCCC(=O)OC(CCCCC/C=C\CCCC)CC(=O)NC(CO)C(O)CCCCCCCCCCCCCCCC. The maximum atomic E-state index is 13.1. The lowest BCUT2D eigenvalue weighted by Crippen LogP contribution is -2.46. The van der Waals surface area contributed by atoms with Gasteiger partial charge in [-0.25, -0.2) is 0 Å². The molecule has 6 nitrogen and oxygen atoms in total. The first-order valence-electron chi connectivity index (χ1n) is 24.2. The fourth-order valence-corrected chi connectivity index (χ4v) is 7.27. The molecule has 0 aromatic rings. The molecule has 0 aliphatic heterocycles. The van der Waals surface area contributed by atoms with E-state index < -0.39 is 18.2 Å². The number of esters is 1. The largest absolute Gasteiger partial charge is 0.462 e. The van der Waals surface area contributed by atoms with Crippen molar-refractivity contribution in [1.29, 1.82) is 0 Å². The lowest BCUT2D eigenvalue weighted by atomic mass is 10.0. The zero-order valence-electron chi connectivity index (χ0n) is 37.3. The highest BCUT2D eigenvalue weighted by molar-refractivity contribution is 5.77. The summed E-state index contributed by atoms with van der Waals surface area (Å²) >= 11 is 0. The van der Waals surface area contributed by atoms with E-state index in [1.165, 1.54) is 109 Å². The summed E-state index contributed by atoms with van der Waals surface area (Å²) in [5, 5.41) is 23.7. The number of ether oxygens (including phenoxy) is 1. The van der Waals surface area contributed by atoms with Gasteiger partial charge in [0.15, 0.2) is 0 Å². The van der Waals surface area contributed by atoms with Gasteiger partial charge in [-0.1, -0.05) is 198 Å². The number of carbonyl (C=O) groups is 2. The van der Waals surface area contributed by atoms with Crippen molar-refractivity contribution in [3.8, 4) is 0 Å². The molecule has 6 heteroatoms. The van der Waals surface area contributed by atoms with Crippen LogP contribution in [0.1, 0.15) is 245 Å². The average molecular weight is 788 g/mol. The summed E-state index contributed by atoms with van der Waals surface area (Å²) in [6.07, 6.45) is 50.6. The van der Waals surface area contributed by atoms with E-state index in [2.05, 4.69) is 62.5 Å². The molecule has 3 N–H and O–H groups in total. The van der Waals surface area contributed by atoms with Gasteiger partial charge in [0, 0.05) is 6.42 Å². The Morgan fingerprint density at radius 1 is 0.536 bits per heavy atom. The molecule has 328 valence electrons. The van der Waals surface area contributed by atoms with Gasteiger partial charge in [-0.3, -0.25) is 9.59 Å². The van der Waals surface area contributed by atoms with Gasteiger partial charge in [-0.05, 0) is 70.6 Å². The van der Waals surface area contributed by atoms with E-state index >= 15 is 0 Å². The molecule has 0 aromatic heterocycles. The molecule has 0 aliphatic carbocycles. The third-order valence-electron chi connectivity index (χ3n) is 11.0. The Labute approximate surface area is 347 Å². The highest BCUT2D eigenvalue weighted by Crippen LogP contribution is 2.17. The van der Waals surface area contributed by atoms with Crippen molar-refractivity contribution >= 4 is 11.9 Å². The van der Waals surface area contributed by atoms with Crippen molar-refractivity contribution < 1.29 is 24.5 Å². The van der Waals surface area contributed by atoms with Gasteiger partial charge >= 0.3 is 5.97 Å². The highest BCUT2D eigenvalue weighted by atomic mass is 16.5. The van der Waals surface area contributed by atoms with E-state index in [1.807, 2.05) is 0 Å². The molecule has 0 aliphatic rings. The van der Waals surface area contributed by atoms with Crippen molar-refractivity contribution in [2.45, 2.75) is 264 Å². The molecular weight excluding hydrogens is 695 g/mol. The smallest absolute Gasteiger partial charge is 0.306 e. The van der Waals surface area contributed by atoms with Crippen LogP contribution in [0.4, 0.5) is 0 Å². The fraction of sp³-hybridized carbons (Fsp3) is 0.840. The zero-order valence-corrected chi connectivity index (χ0v) is 37.3. The van der Waals surface area contributed by atoms with Gasteiger partial charge in [0.05, 0.1) is 25.2 Å². The van der Waals surface area contributed by atoms with E-state index in [4.69, 9.17) is 4.74 Å². The third-order valence-corrected chi connectivity index (χ3v) is 11.0. The summed E-state index contributed by atoms with van der Waals surface area (Å²) < 4.78 is 5.89. The first-order chi connectivity index (χ1) is 27.5. The summed E-state index contributed by atoms with van der Waals surface area (Å²) in [6, 6.07) is -0.704. The van der Waals surface area contributed by atoms with Crippen molar-refractivity contribution in [1.82, 2.24) is 5.32 Å². The first kappa shape index (κ1) is 54.1. The van der Waals surface area contributed by atoms with Gasteiger partial charge < -0.3 is 20.3 Å². The second-order valence-electron chi connectivity index (χ2n) is 16.5. The van der Waals surface area contributed by atoms with Crippen LogP contribution in [-0.2, 0) is 14.3 Å². The van der Waals surface area contributed by atoms with Crippen LogP contribution >= 0.6 is 0 Å². The van der Waals surface area contributed by atoms with Crippen molar-refractivity contribution in [2.75, 3.05) is 6.61 Å². The normalized spacial score (nSPS) is 13.6. The molecular formula is C50H93NO5. The average Bonchev–Trinajstić information content (AvgIpc) is 3.19. The van der Waals surface area contributed by atoms with E-state index in [1.54, 1.807) is 0 Å². The topological polar surface area (TPSA) is 95.9 Å². The minimum atomic E-state index is -0.789. The molecule has 0 fully saturated rings. The van der Waals surface area contributed by atoms with Gasteiger partial charge in [0.25, 0.3) is 0 Å². The predicted octanol–water partition coefficient (Wildman–Crippen LogP) is 14.1. The predicted molar refractivity (Wildman–Crippen MR) is 241 cm³/mol. The van der Waals surface area contributed by atoms with Crippen LogP contribution in [0, 0.1) is 0 Å². The number of aliphatic hydroxyl groups excluding tert-OH is 2. The molecule has 1 amide bonds. The number of amides is 1. The molecule has 0 bridgehead atoms. The Hall–Kier alpha value is -1.92. The van der Waals surface area contributed by atoms with Crippen LogP contribution in [0.3, 0.4) is 0 Å². The number of nitrogens with one attached hydrogen (secondary N) is 1. The third kappa shape index (κ3) is 38.9. The molecule has 3 unspecified atom stereocenters. The second kappa shape index (κ2) is 44.2. The molecule has 0 spiro atoms. The van der Waals surface area contributed by atoms with Crippen LogP contribution in [0.25, 0.3) is 0 Å². The van der Waals surface area contributed by atoms with Gasteiger partial charge in [0.1, 0.15) is 6.10 Å². The standard InChI is InChI=1S/C50H93NO5/c1-4-7-10-13-16-19-21-23-25-27-30-33-36-39-42-48(53)47(45-52)51-49(54)44-46(41-38-35-32-29-18-15-12-9-6-3)56-50(55)43-40-37-34-31-28-26-24-22-20-17-14-11-8-5-2/h8,11,15,17-18,20,46-48,52-53H,4-7,9-10,12-14,16,19,21-45H2,1-3H3,(H,51,54)/b11-8+,18-15-,20-17+. The molecule has 0 saturated carbocycles. The minimum absolute atomic E-state index is 0.0648. The summed E-state index contributed by atoms with van der Waals surface area (Å²) in [6.45, 7) is 6.33. The van der Waals surface area contributed by atoms with Crippen molar-refractivity contribution in [2.24, 2.45) is 0 Å². The number of rotatable bonds is 43.